The zero-order valence-corrected chi connectivity index (χ0v) is 12.3. The van der Waals surface area contributed by atoms with Crippen molar-refractivity contribution in [1.82, 2.24) is 4.98 Å². The number of aromatic nitrogens is 1. The third-order valence-corrected chi connectivity index (χ3v) is 3.70. The summed E-state index contributed by atoms with van der Waals surface area (Å²) in [5.41, 5.74) is 2.95. The van der Waals surface area contributed by atoms with Crippen molar-refractivity contribution >= 4 is 11.5 Å². The van der Waals surface area contributed by atoms with Gasteiger partial charge in [0.15, 0.2) is 0 Å². The first-order valence-electron chi connectivity index (χ1n) is 7.37. The summed E-state index contributed by atoms with van der Waals surface area (Å²) in [7, 11) is 0. The van der Waals surface area contributed by atoms with E-state index in [0.717, 1.165) is 31.9 Å². The van der Waals surface area contributed by atoms with Crippen LogP contribution in [0.25, 0.3) is 0 Å². The highest BCUT2D eigenvalue weighted by Crippen LogP contribution is 2.18. The maximum absolute atomic E-state index is 9.05. The lowest BCUT2D eigenvalue weighted by atomic mass is 10.2. The lowest BCUT2D eigenvalue weighted by molar-refractivity contribution is 0.122. The predicted octanol–water partition coefficient (Wildman–Crippen LogP) is 2.40. The van der Waals surface area contributed by atoms with Crippen molar-refractivity contribution in [2.75, 3.05) is 36.5 Å². The number of morpholine rings is 1. The molecule has 3 rings (SSSR count). The SMILES string of the molecule is N#Cc1cccnc1NCc1ccc(N2CCOCC2)cc1. The van der Waals surface area contributed by atoms with E-state index in [9.17, 15) is 0 Å². The largest absolute Gasteiger partial charge is 0.378 e. The monoisotopic (exact) mass is 294 g/mol. The number of rotatable bonds is 4. The third kappa shape index (κ3) is 3.35. The molecule has 22 heavy (non-hydrogen) atoms. The summed E-state index contributed by atoms with van der Waals surface area (Å²) in [6.45, 7) is 4.11. The van der Waals surface area contributed by atoms with Crippen molar-refractivity contribution in [2.45, 2.75) is 6.54 Å². The molecule has 5 heteroatoms. The summed E-state index contributed by atoms with van der Waals surface area (Å²) >= 11 is 0. The molecule has 0 amide bonds. The summed E-state index contributed by atoms with van der Waals surface area (Å²) in [5, 5.41) is 12.3. The molecule has 0 aliphatic carbocycles. The Hall–Kier alpha value is -2.58. The predicted molar refractivity (Wildman–Crippen MR) is 85.8 cm³/mol. The molecule has 0 radical (unpaired) electrons. The second-order valence-electron chi connectivity index (χ2n) is 5.13. The Kier molecular flexibility index (Phi) is 4.52. The molecule has 112 valence electrons. The normalized spacial score (nSPS) is 14.4. The van der Waals surface area contributed by atoms with Gasteiger partial charge < -0.3 is 15.0 Å². The molecule has 0 atom stereocenters. The maximum Gasteiger partial charge on any atom is 0.144 e. The van der Waals surface area contributed by atoms with Crippen molar-refractivity contribution in [3.63, 3.8) is 0 Å². The van der Waals surface area contributed by atoms with Crippen LogP contribution < -0.4 is 10.2 Å². The summed E-state index contributed by atoms with van der Waals surface area (Å²) < 4.78 is 5.37. The fourth-order valence-electron chi connectivity index (χ4n) is 2.47. The van der Waals surface area contributed by atoms with Gasteiger partial charge in [-0.3, -0.25) is 0 Å². The number of nitriles is 1. The molecule has 1 aromatic heterocycles. The third-order valence-electron chi connectivity index (χ3n) is 3.70. The van der Waals surface area contributed by atoms with Crippen molar-refractivity contribution < 1.29 is 4.74 Å². The topological polar surface area (TPSA) is 61.2 Å². The van der Waals surface area contributed by atoms with Gasteiger partial charge in [-0.15, -0.1) is 0 Å². The van der Waals surface area contributed by atoms with Gasteiger partial charge in [0, 0.05) is 31.5 Å². The van der Waals surface area contributed by atoms with Crippen LogP contribution in [0.4, 0.5) is 11.5 Å². The molecular formula is C17H18N4O. The van der Waals surface area contributed by atoms with Gasteiger partial charge in [-0.2, -0.15) is 5.26 Å². The van der Waals surface area contributed by atoms with Gasteiger partial charge in [-0.05, 0) is 29.8 Å². The summed E-state index contributed by atoms with van der Waals surface area (Å²) in [6, 6.07) is 14.1. The summed E-state index contributed by atoms with van der Waals surface area (Å²) in [6.07, 6.45) is 1.69. The first-order valence-corrected chi connectivity index (χ1v) is 7.37. The van der Waals surface area contributed by atoms with Crippen molar-refractivity contribution in [3.05, 3.63) is 53.7 Å². The zero-order valence-electron chi connectivity index (χ0n) is 12.3. The molecule has 1 N–H and O–H groups in total. The number of nitrogens with zero attached hydrogens (tertiary/aromatic N) is 3. The Labute approximate surface area is 130 Å². The zero-order chi connectivity index (χ0) is 15.2. The minimum atomic E-state index is 0.562. The Morgan fingerprint density at radius 2 is 1.95 bits per heavy atom. The molecule has 1 aliphatic rings. The van der Waals surface area contributed by atoms with Gasteiger partial charge in [0.25, 0.3) is 0 Å². The standard InChI is InChI=1S/C17H18N4O/c18-12-15-2-1-7-19-17(15)20-13-14-3-5-16(6-4-14)21-8-10-22-11-9-21/h1-7H,8-11,13H2,(H,19,20). The van der Waals surface area contributed by atoms with Crippen molar-refractivity contribution in [3.8, 4) is 6.07 Å². The lowest BCUT2D eigenvalue weighted by Gasteiger charge is -2.28. The van der Waals surface area contributed by atoms with Crippen LogP contribution >= 0.6 is 0 Å². The average molecular weight is 294 g/mol. The number of hydrogen-bond acceptors (Lipinski definition) is 5. The Balaban J connectivity index is 1.62. The van der Waals surface area contributed by atoms with E-state index in [4.69, 9.17) is 10.00 Å². The second kappa shape index (κ2) is 6.92. The van der Waals surface area contributed by atoms with Crippen LogP contribution in [0.5, 0.6) is 0 Å². The smallest absolute Gasteiger partial charge is 0.144 e. The number of ether oxygens (including phenoxy) is 1. The first-order chi connectivity index (χ1) is 10.9. The van der Waals surface area contributed by atoms with Gasteiger partial charge in [0.1, 0.15) is 11.9 Å². The van der Waals surface area contributed by atoms with Crippen molar-refractivity contribution in [2.24, 2.45) is 0 Å². The molecule has 1 saturated heterocycles. The highest BCUT2D eigenvalue weighted by atomic mass is 16.5. The summed E-state index contributed by atoms with van der Waals surface area (Å²) in [5.74, 6) is 0.627. The highest BCUT2D eigenvalue weighted by Gasteiger charge is 2.10. The lowest BCUT2D eigenvalue weighted by Crippen LogP contribution is -2.36. The van der Waals surface area contributed by atoms with Crippen LogP contribution in [0.3, 0.4) is 0 Å². The molecule has 0 unspecified atom stereocenters. The van der Waals surface area contributed by atoms with Gasteiger partial charge >= 0.3 is 0 Å². The van der Waals surface area contributed by atoms with E-state index < -0.39 is 0 Å². The maximum atomic E-state index is 9.05. The van der Waals surface area contributed by atoms with E-state index >= 15 is 0 Å². The Morgan fingerprint density at radius 1 is 1.18 bits per heavy atom. The fourth-order valence-corrected chi connectivity index (χ4v) is 2.47. The molecule has 5 nitrogen and oxygen atoms in total. The molecule has 1 aliphatic heterocycles. The average Bonchev–Trinajstić information content (AvgIpc) is 2.61. The van der Waals surface area contributed by atoms with Crippen LogP contribution in [-0.4, -0.2) is 31.3 Å². The fraction of sp³-hybridized carbons (Fsp3) is 0.294. The Morgan fingerprint density at radius 3 is 2.68 bits per heavy atom. The minimum Gasteiger partial charge on any atom is -0.378 e. The van der Waals surface area contributed by atoms with Crippen LogP contribution in [0, 0.1) is 11.3 Å². The molecule has 1 fully saturated rings. The Bertz CT molecular complexity index is 657. The molecule has 0 spiro atoms. The van der Waals surface area contributed by atoms with Crippen molar-refractivity contribution in [1.29, 1.82) is 5.26 Å². The molecule has 0 saturated carbocycles. The molecule has 2 heterocycles. The van der Waals surface area contributed by atoms with E-state index in [1.807, 2.05) is 0 Å². The quantitative estimate of drug-likeness (QED) is 0.938. The minimum absolute atomic E-state index is 0.562. The number of pyridine rings is 1. The van der Waals surface area contributed by atoms with Gasteiger partial charge in [0.05, 0.1) is 18.8 Å². The van der Waals surface area contributed by atoms with E-state index in [0.29, 0.717) is 17.9 Å². The van der Waals surface area contributed by atoms with E-state index in [1.54, 1.807) is 18.3 Å². The second-order valence-corrected chi connectivity index (χ2v) is 5.13. The number of anilines is 2. The number of benzene rings is 1. The number of hydrogen-bond donors (Lipinski definition) is 1. The molecule has 2 aromatic rings. The van der Waals surface area contributed by atoms with Gasteiger partial charge in [0.2, 0.25) is 0 Å². The molecular weight excluding hydrogens is 276 g/mol. The van der Waals surface area contributed by atoms with Crippen LogP contribution in [0.15, 0.2) is 42.6 Å². The van der Waals surface area contributed by atoms with Gasteiger partial charge in [-0.25, -0.2) is 4.98 Å². The highest BCUT2D eigenvalue weighted by molar-refractivity contribution is 5.52. The van der Waals surface area contributed by atoms with E-state index in [-0.39, 0.29) is 0 Å². The van der Waals surface area contributed by atoms with E-state index in [1.165, 1.54) is 5.69 Å². The first kappa shape index (κ1) is 14.4. The van der Waals surface area contributed by atoms with E-state index in [2.05, 4.69) is 45.5 Å². The molecule has 0 bridgehead atoms. The number of nitrogens with one attached hydrogen (secondary N) is 1. The van der Waals surface area contributed by atoms with Gasteiger partial charge in [-0.1, -0.05) is 12.1 Å². The summed E-state index contributed by atoms with van der Waals surface area (Å²) in [4.78, 5) is 6.53. The van der Waals surface area contributed by atoms with Crippen LogP contribution in [0.1, 0.15) is 11.1 Å². The molecule has 1 aromatic carbocycles. The van der Waals surface area contributed by atoms with Crippen LogP contribution in [0.2, 0.25) is 0 Å². The van der Waals surface area contributed by atoms with Crippen LogP contribution in [-0.2, 0) is 11.3 Å².